The van der Waals surface area contributed by atoms with Crippen LogP contribution in [-0.2, 0) is 0 Å². The van der Waals surface area contributed by atoms with Crippen molar-refractivity contribution in [2.45, 2.75) is 0 Å². The first-order valence-corrected chi connectivity index (χ1v) is 6.01. The van der Waals surface area contributed by atoms with Gasteiger partial charge in [-0.05, 0) is 0 Å². The van der Waals surface area contributed by atoms with Crippen LogP contribution < -0.4 is 10.6 Å². The largest absolute Gasteiger partial charge is 0.370 e. The molecule has 96 valence electrons. The molecule has 0 saturated carbocycles. The Morgan fingerprint density at radius 2 is 1.63 bits per heavy atom. The Balaban J connectivity index is 2.24. The lowest BCUT2D eigenvalue weighted by atomic mass is 10.2. The summed E-state index contributed by atoms with van der Waals surface area (Å²) in [5.74, 6) is 2.15. The summed E-state index contributed by atoms with van der Waals surface area (Å²) in [5, 5.41) is 14.2. The van der Waals surface area contributed by atoms with Crippen molar-refractivity contribution in [3.8, 4) is 11.4 Å². The first-order chi connectivity index (χ1) is 9.33. The molecule has 0 aliphatic carbocycles. The molecular weight excluding hydrogens is 240 g/mol. The van der Waals surface area contributed by atoms with Gasteiger partial charge in [-0.3, -0.25) is 0 Å². The molecule has 0 fully saturated rings. The number of rotatable bonds is 3. The van der Waals surface area contributed by atoms with Crippen LogP contribution in [0.25, 0.3) is 22.4 Å². The molecule has 19 heavy (non-hydrogen) atoms. The van der Waals surface area contributed by atoms with E-state index in [2.05, 4.69) is 30.8 Å². The maximum Gasteiger partial charge on any atom is 0.176 e. The molecule has 0 unspecified atom stereocenters. The van der Waals surface area contributed by atoms with E-state index in [0.717, 1.165) is 22.4 Å². The number of nitrogens with zero attached hydrogens (tertiary/aromatic N) is 3. The third-order valence-electron chi connectivity index (χ3n) is 2.94. The molecule has 6 heteroatoms. The number of aromatic amines is 1. The van der Waals surface area contributed by atoms with Gasteiger partial charge in [0.1, 0.15) is 16.9 Å². The van der Waals surface area contributed by atoms with Crippen LogP contribution in [0.5, 0.6) is 0 Å². The van der Waals surface area contributed by atoms with E-state index >= 15 is 0 Å². The van der Waals surface area contributed by atoms with E-state index in [1.165, 1.54) is 0 Å². The van der Waals surface area contributed by atoms with Gasteiger partial charge in [0.2, 0.25) is 0 Å². The number of aromatic nitrogens is 4. The second-order valence-electron chi connectivity index (χ2n) is 4.07. The molecule has 0 aliphatic heterocycles. The van der Waals surface area contributed by atoms with Crippen LogP contribution in [0.2, 0.25) is 0 Å². The third-order valence-corrected chi connectivity index (χ3v) is 2.94. The van der Waals surface area contributed by atoms with E-state index in [0.29, 0.717) is 11.6 Å². The number of anilines is 2. The van der Waals surface area contributed by atoms with Crippen molar-refractivity contribution in [2.24, 2.45) is 0 Å². The molecule has 0 aliphatic rings. The molecule has 6 nitrogen and oxygen atoms in total. The molecular formula is C13H14N6. The molecule has 1 aromatic carbocycles. The van der Waals surface area contributed by atoms with Crippen LogP contribution in [-0.4, -0.2) is 34.3 Å². The molecule has 2 aromatic heterocycles. The van der Waals surface area contributed by atoms with E-state index in [9.17, 15) is 0 Å². The van der Waals surface area contributed by atoms with Gasteiger partial charge in [0.05, 0.1) is 0 Å². The molecule has 0 bridgehead atoms. The molecule has 0 atom stereocenters. The van der Waals surface area contributed by atoms with Crippen molar-refractivity contribution in [2.75, 3.05) is 24.7 Å². The summed E-state index contributed by atoms with van der Waals surface area (Å²) in [7, 11) is 3.62. The Morgan fingerprint density at radius 3 is 2.32 bits per heavy atom. The minimum atomic E-state index is 0.660. The predicted octanol–water partition coefficient (Wildman–Crippen LogP) is 2.10. The zero-order valence-corrected chi connectivity index (χ0v) is 10.7. The van der Waals surface area contributed by atoms with Crippen LogP contribution in [0, 0.1) is 0 Å². The van der Waals surface area contributed by atoms with Gasteiger partial charge in [-0.2, -0.15) is 0 Å². The lowest BCUT2D eigenvalue weighted by Crippen LogP contribution is -2.00. The van der Waals surface area contributed by atoms with Crippen molar-refractivity contribution in [3.63, 3.8) is 0 Å². The SMILES string of the molecule is CNc1nnc(NC)c2[nH]c(-c3ccccc3)nc12. The lowest BCUT2D eigenvalue weighted by Gasteiger charge is -2.02. The fourth-order valence-corrected chi connectivity index (χ4v) is 1.99. The standard InChI is InChI=1S/C13H14N6/c1-14-12-9-10(13(15-2)19-18-12)17-11(16-9)8-6-4-3-5-7-8/h3-7H,1-2H3,(H,14,18)(H,15,19)(H,16,17). The summed E-state index contributed by atoms with van der Waals surface area (Å²) in [6.07, 6.45) is 0. The maximum atomic E-state index is 4.60. The van der Waals surface area contributed by atoms with E-state index in [1.807, 2.05) is 37.4 Å². The van der Waals surface area contributed by atoms with Gasteiger partial charge in [0.15, 0.2) is 11.6 Å². The zero-order valence-electron chi connectivity index (χ0n) is 10.7. The van der Waals surface area contributed by atoms with Crippen molar-refractivity contribution >= 4 is 22.7 Å². The van der Waals surface area contributed by atoms with E-state index in [1.54, 1.807) is 7.05 Å². The number of hydrogen-bond donors (Lipinski definition) is 3. The molecule has 3 rings (SSSR count). The van der Waals surface area contributed by atoms with Gasteiger partial charge < -0.3 is 15.6 Å². The van der Waals surface area contributed by atoms with Crippen molar-refractivity contribution in [1.82, 2.24) is 20.2 Å². The van der Waals surface area contributed by atoms with Gasteiger partial charge >= 0.3 is 0 Å². The molecule has 2 heterocycles. The second kappa shape index (κ2) is 4.56. The van der Waals surface area contributed by atoms with Crippen LogP contribution in [0.1, 0.15) is 0 Å². The highest BCUT2D eigenvalue weighted by Crippen LogP contribution is 2.27. The normalized spacial score (nSPS) is 10.6. The fourth-order valence-electron chi connectivity index (χ4n) is 1.99. The van der Waals surface area contributed by atoms with Crippen LogP contribution in [0.3, 0.4) is 0 Å². The Kier molecular flexibility index (Phi) is 2.75. The summed E-state index contributed by atoms with van der Waals surface area (Å²) in [4.78, 5) is 7.89. The maximum absolute atomic E-state index is 4.60. The van der Waals surface area contributed by atoms with Gasteiger partial charge in [0, 0.05) is 19.7 Å². The summed E-state index contributed by atoms with van der Waals surface area (Å²) < 4.78 is 0. The zero-order chi connectivity index (χ0) is 13.2. The Labute approximate surface area is 110 Å². The van der Waals surface area contributed by atoms with Crippen molar-refractivity contribution in [1.29, 1.82) is 0 Å². The highest BCUT2D eigenvalue weighted by Gasteiger charge is 2.13. The number of nitrogens with one attached hydrogen (secondary N) is 3. The van der Waals surface area contributed by atoms with Crippen LogP contribution in [0.15, 0.2) is 30.3 Å². The second-order valence-corrected chi connectivity index (χ2v) is 4.07. The average Bonchev–Trinajstić information content (AvgIpc) is 2.92. The molecule has 0 spiro atoms. The smallest absolute Gasteiger partial charge is 0.176 e. The Hall–Kier alpha value is -2.63. The topological polar surface area (TPSA) is 78.5 Å². The third kappa shape index (κ3) is 1.87. The Morgan fingerprint density at radius 1 is 0.947 bits per heavy atom. The Bertz CT molecular complexity index is 663. The van der Waals surface area contributed by atoms with Crippen molar-refractivity contribution in [3.05, 3.63) is 30.3 Å². The predicted molar refractivity (Wildman–Crippen MR) is 76.2 cm³/mol. The van der Waals surface area contributed by atoms with Gasteiger partial charge in [-0.15, -0.1) is 10.2 Å². The monoisotopic (exact) mass is 254 g/mol. The highest BCUT2D eigenvalue weighted by atomic mass is 15.2. The fraction of sp³-hybridized carbons (Fsp3) is 0.154. The quantitative estimate of drug-likeness (QED) is 0.667. The number of fused-ring (bicyclic) bond motifs is 1. The summed E-state index contributed by atoms with van der Waals surface area (Å²) in [6, 6.07) is 9.97. The van der Waals surface area contributed by atoms with Crippen LogP contribution in [0.4, 0.5) is 11.6 Å². The number of H-pyrrole nitrogens is 1. The highest BCUT2D eigenvalue weighted by molar-refractivity contribution is 5.94. The van der Waals surface area contributed by atoms with Gasteiger partial charge in [0.25, 0.3) is 0 Å². The van der Waals surface area contributed by atoms with Crippen LogP contribution >= 0.6 is 0 Å². The minimum absolute atomic E-state index is 0.660. The molecule has 3 N–H and O–H groups in total. The number of imidazole rings is 1. The minimum Gasteiger partial charge on any atom is -0.370 e. The average molecular weight is 254 g/mol. The summed E-state index contributed by atoms with van der Waals surface area (Å²) >= 11 is 0. The van der Waals surface area contributed by atoms with E-state index in [-0.39, 0.29) is 0 Å². The van der Waals surface area contributed by atoms with Gasteiger partial charge in [-0.25, -0.2) is 4.98 Å². The van der Waals surface area contributed by atoms with E-state index in [4.69, 9.17) is 0 Å². The number of benzene rings is 1. The summed E-state index contributed by atoms with van der Waals surface area (Å²) in [6.45, 7) is 0. The first-order valence-electron chi connectivity index (χ1n) is 6.01. The molecule has 3 aromatic rings. The molecule has 0 saturated heterocycles. The first kappa shape index (κ1) is 11.5. The molecule has 0 radical (unpaired) electrons. The lowest BCUT2D eigenvalue weighted by molar-refractivity contribution is 1.04. The number of hydrogen-bond acceptors (Lipinski definition) is 5. The van der Waals surface area contributed by atoms with Crippen molar-refractivity contribution < 1.29 is 0 Å². The molecule has 0 amide bonds. The van der Waals surface area contributed by atoms with Gasteiger partial charge in [-0.1, -0.05) is 30.3 Å². The summed E-state index contributed by atoms with van der Waals surface area (Å²) in [5.41, 5.74) is 2.66. The van der Waals surface area contributed by atoms with E-state index < -0.39 is 0 Å².